The number of aryl methyl sites for hydroxylation is 1. The first kappa shape index (κ1) is 22.0. The number of benzene rings is 1. The molecule has 2 aromatic rings. The second-order valence-electron chi connectivity index (χ2n) is 8.92. The van der Waals surface area contributed by atoms with Gasteiger partial charge in [0.15, 0.2) is 5.75 Å². The number of ether oxygens (including phenoxy) is 1. The molecule has 1 amide bonds. The summed E-state index contributed by atoms with van der Waals surface area (Å²) in [6.45, 7) is 4.86. The number of hydrogen-bond acceptors (Lipinski definition) is 8. The lowest BCUT2D eigenvalue weighted by atomic mass is 9.76. The predicted octanol–water partition coefficient (Wildman–Crippen LogP) is 1.66. The van der Waals surface area contributed by atoms with Crippen LogP contribution in [0.4, 0.5) is 5.69 Å². The Morgan fingerprint density at radius 2 is 1.84 bits per heavy atom. The van der Waals surface area contributed by atoms with Gasteiger partial charge in [-0.05, 0) is 31.2 Å². The van der Waals surface area contributed by atoms with Crippen LogP contribution in [0.3, 0.4) is 0 Å². The number of para-hydroxylation sites is 1. The molecule has 9 nitrogen and oxygen atoms in total. The van der Waals surface area contributed by atoms with Crippen molar-refractivity contribution in [1.82, 2.24) is 10.2 Å². The van der Waals surface area contributed by atoms with E-state index in [9.17, 15) is 19.5 Å². The molecule has 3 atom stereocenters. The summed E-state index contributed by atoms with van der Waals surface area (Å²) in [6, 6.07) is 6.32. The molecule has 2 heterocycles. The third-order valence-corrected chi connectivity index (χ3v) is 6.08. The van der Waals surface area contributed by atoms with Crippen LogP contribution in [0.25, 0.3) is 0 Å². The van der Waals surface area contributed by atoms with Gasteiger partial charge in [0.25, 0.3) is 5.91 Å². The smallest absolute Gasteiger partial charge is 0.257 e. The van der Waals surface area contributed by atoms with Crippen molar-refractivity contribution in [1.29, 1.82) is 0 Å². The Labute approximate surface area is 185 Å². The van der Waals surface area contributed by atoms with E-state index >= 15 is 0 Å². The van der Waals surface area contributed by atoms with E-state index in [2.05, 4.69) is 10.6 Å². The van der Waals surface area contributed by atoms with Crippen molar-refractivity contribution < 1.29 is 28.6 Å². The first-order valence-electron chi connectivity index (χ1n) is 10.4. The van der Waals surface area contributed by atoms with Gasteiger partial charge in [0.1, 0.15) is 23.6 Å². The average Bonchev–Trinajstić information content (AvgIpc) is 3.17. The molecule has 4 rings (SSSR count). The number of hydrogen-bond donors (Lipinski definition) is 3. The Bertz CT molecular complexity index is 1070. The van der Waals surface area contributed by atoms with Crippen molar-refractivity contribution in [2.24, 2.45) is 5.41 Å². The van der Waals surface area contributed by atoms with E-state index in [4.69, 9.17) is 9.15 Å². The fourth-order valence-corrected chi connectivity index (χ4v) is 4.08. The number of nitrogens with one attached hydrogen (secondary N) is 2. The lowest BCUT2D eigenvalue weighted by molar-refractivity contribution is -0.150. The first-order chi connectivity index (χ1) is 15.1. The van der Waals surface area contributed by atoms with Crippen LogP contribution in [0.15, 0.2) is 34.7 Å². The molecule has 2 aliphatic rings. The van der Waals surface area contributed by atoms with Crippen LogP contribution in [-0.2, 0) is 14.3 Å². The molecule has 1 aliphatic heterocycles. The lowest BCUT2D eigenvalue weighted by Gasteiger charge is -2.47. The lowest BCUT2D eigenvalue weighted by Crippen LogP contribution is -2.69. The maximum Gasteiger partial charge on any atom is 0.257 e. The standard InChI is InChI=1S/C23H27N3O6/c1-12-8-9-15(32-12)21(23(2)10-31-11-23)25-17-16(19(28)20(17)29)24-14-7-5-6-13(18(14)27)22(30)26(3)4/h5-9,16-17,21,24-25,27H,10-11H2,1-4H3/t16?,17?,21-/m0/s1. The highest BCUT2D eigenvalue weighted by atomic mass is 16.5. The largest absolute Gasteiger partial charge is 0.505 e. The minimum atomic E-state index is -0.888. The minimum absolute atomic E-state index is 0.102. The highest BCUT2D eigenvalue weighted by molar-refractivity contribution is 6.49. The molecule has 2 unspecified atom stereocenters. The van der Waals surface area contributed by atoms with Gasteiger partial charge < -0.3 is 24.5 Å². The van der Waals surface area contributed by atoms with Gasteiger partial charge in [0, 0.05) is 19.5 Å². The van der Waals surface area contributed by atoms with Crippen LogP contribution in [0, 0.1) is 12.3 Å². The number of amides is 1. The molecule has 1 saturated carbocycles. The highest BCUT2D eigenvalue weighted by Gasteiger charge is 2.53. The van der Waals surface area contributed by atoms with Gasteiger partial charge in [-0.15, -0.1) is 0 Å². The van der Waals surface area contributed by atoms with Gasteiger partial charge in [0.2, 0.25) is 11.6 Å². The van der Waals surface area contributed by atoms with Crippen molar-refractivity contribution in [3.8, 4) is 5.75 Å². The Morgan fingerprint density at radius 1 is 1.16 bits per heavy atom. The second-order valence-corrected chi connectivity index (χ2v) is 8.92. The van der Waals surface area contributed by atoms with Crippen molar-refractivity contribution >= 4 is 23.2 Å². The summed E-state index contributed by atoms with van der Waals surface area (Å²) in [4.78, 5) is 38.5. The predicted molar refractivity (Wildman–Crippen MR) is 116 cm³/mol. The number of phenolic OH excluding ortho intramolecular Hbond substituents is 1. The summed E-state index contributed by atoms with van der Waals surface area (Å²) in [6.07, 6.45) is 0. The molecular weight excluding hydrogens is 414 g/mol. The van der Waals surface area contributed by atoms with Crippen LogP contribution >= 0.6 is 0 Å². The summed E-state index contributed by atoms with van der Waals surface area (Å²) in [5.41, 5.74) is 0.0121. The normalized spacial score (nSPS) is 22.6. The number of nitrogens with zero attached hydrogens (tertiary/aromatic N) is 1. The van der Waals surface area contributed by atoms with Crippen LogP contribution < -0.4 is 10.6 Å². The third kappa shape index (κ3) is 3.67. The van der Waals surface area contributed by atoms with Gasteiger partial charge >= 0.3 is 0 Å². The van der Waals surface area contributed by atoms with E-state index in [0.29, 0.717) is 19.0 Å². The zero-order valence-corrected chi connectivity index (χ0v) is 18.5. The zero-order valence-electron chi connectivity index (χ0n) is 18.5. The third-order valence-electron chi connectivity index (χ3n) is 6.08. The molecule has 1 aromatic heterocycles. The summed E-state index contributed by atoms with van der Waals surface area (Å²) in [5.74, 6) is -0.359. The van der Waals surface area contributed by atoms with Crippen molar-refractivity contribution in [3.05, 3.63) is 47.4 Å². The van der Waals surface area contributed by atoms with Crippen LogP contribution in [-0.4, -0.2) is 66.9 Å². The van der Waals surface area contributed by atoms with Crippen molar-refractivity contribution in [3.63, 3.8) is 0 Å². The number of rotatable bonds is 7. The molecule has 9 heteroatoms. The van der Waals surface area contributed by atoms with E-state index < -0.39 is 23.7 Å². The molecule has 3 N–H and O–H groups in total. The first-order valence-corrected chi connectivity index (χ1v) is 10.4. The van der Waals surface area contributed by atoms with Gasteiger partial charge in [-0.1, -0.05) is 13.0 Å². The van der Waals surface area contributed by atoms with Gasteiger partial charge in [0.05, 0.1) is 30.5 Å². The summed E-state index contributed by atoms with van der Waals surface area (Å²) in [5, 5.41) is 16.8. The fraction of sp³-hybridized carbons (Fsp3) is 0.435. The number of phenols is 1. The van der Waals surface area contributed by atoms with Crippen LogP contribution in [0.2, 0.25) is 0 Å². The zero-order chi connectivity index (χ0) is 23.2. The van der Waals surface area contributed by atoms with E-state index in [-0.39, 0.29) is 34.4 Å². The Morgan fingerprint density at radius 3 is 2.41 bits per heavy atom. The van der Waals surface area contributed by atoms with Gasteiger partial charge in [-0.3, -0.25) is 19.7 Å². The fourth-order valence-electron chi connectivity index (χ4n) is 4.08. The van der Waals surface area contributed by atoms with Gasteiger partial charge in [-0.2, -0.15) is 0 Å². The van der Waals surface area contributed by atoms with Crippen LogP contribution in [0.1, 0.15) is 34.8 Å². The number of carbonyl (C=O) groups excluding carboxylic acids is 3. The van der Waals surface area contributed by atoms with E-state index in [1.54, 1.807) is 26.2 Å². The summed E-state index contributed by atoms with van der Waals surface area (Å²) in [7, 11) is 3.16. The minimum Gasteiger partial charge on any atom is -0.505 e. The molecule has 0 bridgehead atoms. The molecule has 1 aliphatic carbocycles. The van der Waals surface area contributed by atoms with E-state index in [1.165, 1.54) is 11.0 Å². The Kier molecular flexibility index (Phi) is 5.56. The van der Waals surface area contributed by atoms with Gasteiger partial charge in [-0.25, -0.2) is 0 Å². The Balaban J connectivity index is 1.58. The molecular formula is C23H27N3O6. The average molecular weight is 441 g/mol. The Hall–Kier alpha value is -3.17. The maximum atomic E-state index is 12.5. The molecule has 0 spiro atoms. The number of ketones is 2. The van der Waals surface area contributed by atoms with Crippen molar-refractivity contribution in [2.45, 2.75) is 32.0 Å². The summed E-state index contributed by atoms with van der Waals surface area (Å²) >= 11 is 0. The molecule has 170 valence electrons. The number of furan rings is 1. The van der Waals surface area contributed by atoms with E-state index in [1.807, 2.05) is 26.0 Å². The summed E-state index contributed by atoms with van der Waals surface area (Å²) < 4.78 is 11.2. The number of anilines is 1. The second kappa shape index (κ2) is 8.07. The molecule has 1 saturated heterocycles. The maximum absolute atomic E-state index is 12.5. The number of carbonyl (C=O) groups is 3. The molecule has 32 heavy (non-hydrogen) atoms. The van der Waals surface area contributed by atoms with E-state index in [0.717, 1.165) is 5.76 Å². The highest BCUT2D eigenvalue weighted by Crippen LogP contribution is 2.42. The van der Waals surface area contributed by atoms with Crippen molar-refractivity contribution in [2.75, 3.05) is 32.6 Å². The number of Topliss-reactive ketones (excluding diaryl/α,β-unsaturated/α-hetero) is 2. The van der Waals surface area contributed by atoms with Crippen LogP contribution in [0.5, 0.6) is 5.75 Å². The number of aromatic hydroxyl groups is 1. The molecule has 1 aromatic carbocycles. The molecule has 0 radical (unpaired) electrons. The topological polar surface area (TPSA) is 121 Å². The monoisotopic (exact) mass is 441 g/mol. The quantitative estimate of drug-likeness (QED) is 0.438. The molecule has 2 fully saturated rings. The SMILES string of the molecule is Cc1ccc([C@H](NC2C(=O)C(=O)C2Nc2cccc(C(=O)N(C)C)c2O)C2(C)COC2)o1.